The first kappa shape index (κ1) is 16.5. The third kappa shape index (κ3) is 3.43. The zero-order chi connectivity index (χ0) is 17.2. The minimum Gasteiger partial charge on any atom is -0.319 e. The number of nitrogens with zero attached hydrogens (tertiary/aromatic N) is 3. The summed E-state index contributed by atoms with van der Waals surface area (Å²) in [5.74, 6) is -0.0769. The average molecular weight is 348 g/mol. The standard InChI is InChI=1S/C16H20N4O3S/c1-2-7-20-12-14(10-17-20)18-16(21)19-8-9-24(22,23)15-6-4-3-5-13(15)11-19/h3-6,10,12H,2,7-9,11H2,1H3,(H,18,21). The molecule has 128 valence electrons. The quantitative estimate of drug-likeness (QED) is 0.921. The molecule has 3 rings (SSSR count). The van der Waals surface area contributed by atoms with E-state index in [0.717, 1.165) is 13.0 Å². The SMILES string of the molecule is CCCn1cc(NC(=O)N2CCS(=O)(=O)c3ccccc3C2)cn1. The molecule has 0 spiro atoms. The largest absolute Gasteiger partial charge is 0.322 e. The highest BCUT2D eigenvalue weighted by molar-refractivity contribution is 7.91. The topological polar surface area (TPSA) is 84.3 Å². The zero-order valence-electron chi connectivity index (χ0n) is 13.5. The summed E-state index contributed by atoms with van der Waals surface area (Å²) < 4.78 is 26.4. The lowest BCUT2D eigenvalue weighted by atomic mass is 10.2. The summed E-state index contributed by atoms with van der Waals surface area (Å²) in [5, 5.41) is 6.95. The molecule has 8 heteroatoms. The molecule has 0 saturated carbocycles. The number of aryl methyl sites for hydroxylation is 1. The maximum absolute atomic E-state index is 12.5. The van der Waals surface area contributed by atoms with Crippen molar-refractivity contribution in [3.8, 4) is 0 Å². The first-order valence-electron chi connectivity index (χ1n) is 7.88. The predicted octanol–water partition coefficient (Wildman–Crippen LogP) is 2.11. The third-order valence-corrected chi connectivity index (χ3v) is 5.71. The van der Waals surface area contributed by atoms with Crippen LogP contribution in [0.3, 0.4) is 0 Å². The highest BCUT2D eigenvalue weighted by Crippen LogP contribution is 2.23. The number of carbonyl (C=O) groups is 1. The van der Waals surface area contributed by atoms with Crippen LogP contribution >= 0.6 is 0 Å². The van der Waals surface area contributed by atoms with Gasteiger partial charge in [0.25, 0.3) is 0 Å². The number of carbonyl (C=O) groups excluding carboxylic acids is 1. The van der Waals surface area contributed by atoms with E-state index in [9.17, 15) is 13.2 Å². The highest BCUT2D eigenvalue weighted by atomic mass is 32.2. The summed E-state index contributed by atoms with van der Waals surface area (Å²) in [7, 11) is -3.36. The minimum atomic E-state index is -3.36. The molecule has 0 unspecified atom stereocenters. The summed E-state index contributed by atoms with van der Waals surface area (Å²) in [6.45, 7) is 3.26. The van der Waals surface area contributed by atoms with Gasteiger partial charge >= 0.3 is 6.03 Å². The van der Waals surface area contributed by atoms with Crippen LogP contribution in [0.5, 0.6) is 0 Å². The van der Waals surface area contributed by atoms with Crippen LogP contribution in [-0.2, 0) is 22.9 Å². The number of urea groups is 1. The number of hydrogen-bond acceptors (Lipinski definition) is 4. The van der Waals surface area contributed by atoms with Gasteiger partial charge < -0.3 is 10.2 Å². The smallest absolute Gasteiger partial charge is 0.319 e. The first-order valence-corrected chi connectivity index (χ1v) is 9.54. The Labute approximate surface area is 141 Å². The highest BCUT2D eigenvalue weighted by Gasteiger charge is 2.27. The third-order valence-electron chi connectivity index (χ3n) is 3.92. The molecule has 1 aliphatic rings. The monoisotopic (exact) mass is 348 g/mol. The van der Waals surface area contributed by atoms with Gasteiger partial charge in [0.1, 0.15) is 0 Å². The van der Waals surface area contributed by atoms with Crippen LogP contribution in [0.25, 0.3) is 0 Å². The van der Waals surface area contributed by atoms with Crippen LogP contribution in [0.1, 0.15) is 18.9 Å². The van der Waals surface area contributed by atoms with Gasteiger partial charge in [0.2, 0.25) is 0 Å². The first-order chi connectivity index (χ1) is 11.5. The van der Waals surface area contributed by atoms with Crippen LogP contribution in [0.4, 0.5) is 10.5 Å². The van der Waals surface area contributed by atoms with Gasteiger partial charge in [-0.25, -0.2) is 13.2 Å². The summed E-state index contributed by atoms with van der Waals surface area (Å²) >= 11 is 0. The Morgan fingerprint density at radius 1 is 1.33 bits per heavy atom. The van der Waals surface area contributed by atoms with Gasteiger partial charge in [0.05, 0.1) is 22.5 Å². The maximum Gasteiger partial charge on any atom is 0.322 e. The molecule has 0 atom stereocenters. The second kappa shape index (κ2) is 6.64. The van der Waals surface area contributed by atoms with E-state index in [-0.39, 0.29) is 24.9 Å². The van der Waals surface area contributed by atoms with Crippen LogP contribution in [0.15, 0.2) is 41.6 Å². The molecule has 1 aliphatic heterocycles. The van der Waals surface area contributed by atoms with E-state index in [1.54, 1.807) is 41.3 Å². The number of hydrogen-bond donors (Lipinski definition) is 1. The van der Waals surface area contributed by atoms with E-state index < -0.39 is 9.84 Å². The molecule has 7 nitrogen and oxygen atoms in total. The molecular formula is C16H20N4O3S. The number of anilines is 1. The number of fused-ring (bicyclic) bond motifs is 1. The van der Waals surface area contributed by atoms with E-state index in [1.165, 1.54) is 4.90 Å². The maximum atomic E-state index is 12.5. The Bertz CT molecular complexity index is 845. The average Bonchev–Trinajstić information content (AvgIpc) is 2.93. The summed E-state index contributed by atoms with van der Waals surface area (Å²) in [6, 6.07) is 6.51. The van der Waals surface area contributed by atoms with Crippen molar-refractivity contribution in [2.45, 2.75) is 31.3 Å². The molecule has 2 heterocycles. The summed E-state index contributed by atoms with van der Waals surface area (Å²) in [4.78, 5) is 14.3. The zero-order valence-corrected chi connectivity index (χ0v) is 14.3. The molecule has 0 fully saturated rings. The van der Waals surface area contributed by atoms with Crippen molar-refractivity contribution in [2.75, 3.05) is 17.6 Å². The van der Waals surface area contributed by atoms with Crippen molar-refractivity contribution in [1.29, 1.82) is 0 Å². The van der Waals surface area contributed by atoms with E-state index in [4.69, 9.17) is 0 Å². The van der Waals surface area contributed by atoms with E-state index in [1.807, 2.05) is 0 Å². The lowest BCUT2D eigenvalue weighted by molar-refractivity contribution is 0.212. The van der Waals surface area contributed by atoms with Crippen molar-refractivity contribution in [2.24, 2.45) is 0 Å². The lowest BCUT2D eigenvalue weighted by Gasteiger charge is -2.20. The van der Waals surface area contributed by atoms with Gasteiger partial charge in [-0.2, -0.15) is 5.10 Å². The minimum absolute atomic E-state index is 0.0769. The van der Waals surface area contributed by atoms with Crippen LogP contribution in [0, 0.1) is 0 Å². The molecule has 0 radical (unpaired) electrons. The summed E-state index contributed by atoms with van der Waals surface area (Å²) in [6.07, 6.45) is 4.32. The molecule has 0 aliphatic carbocycles. The molecule has 2 amide bonds. The number of rotatable bonds is 3. The number of amides is 2. The lowest BCUT2D eigenvalue weighted by Crippen LogP contribution is -2.36. The predicted molar refractivity (Wildman–Crippen MR) is 90.4 cm³/mol. The van der Waals surface area contributed by atoms with Gasteiger partial charge in [0, 0.05) is 25.8 Å². The number of nitrogens with one attached hydrogen (secondary N) is 1. The van der Waals surface area contributed by atoms with Crippen molar-refractivity contribution in [1.82, 2.24) is 14.7 Å². The van der Waals surface area contributed by atoms with Gasteiger partial charge in [-0.3, -0.25) is 4.68 Å². The fourth-order valence-electron chi connectivity index (χ4n) is 2.72. The van der Waals surface area contributed by atoms with Crippen LogP contribution in [0.2, 0.25) is 0 Å². The fourth-order valence-corrected chi connectivity index (χ4v) is 4.22. The second-order valence-corrected chi connectivity index (χ2v) is 7.85. The molecular weight excluding hydrogens is 328 g/mol. The normalized spacial score (nSPS) is 16.3. The van der Waals surface area contributed by atoms with Gasteiger partial charge in [-0.05, 0) is 18.1 Å². The Morgan fingerprint density at radius 3 is 2.92 bits per heavy atom. The Hall–Kier alpha value is -2.35. The van der Waals surface area contributed by atoms with Gasteiger partial charge in [-0.15, -0.1) is 0 Å². The van der Waals surface area contributed by atoms with Gasteiger partial charge in [-0.1, -0.05) is 25.1 Å². The fraction of sp³-hybridized carbons (Fsp3) is 0.375. The van der Waals surface area contributed by atoms with E-state index in [0.29, 0.717) is 16.1 Å². The van der Waals surface area contributed by atoms with E-state index >= 15 is 0 Å². The van der Waals surface area contributed by atoms with Crippen LogP contribution in [-0.4, -0.2) is 41.4 Å². The molecule has 2 aromatic rings. The van der Waals surface area contributed by atoms with Crippen molar-refractivity contribution >= 4 is 21.6 Å². The molecule has 24 heavy (non-hydrogen) atoms. The Balaban J connectivity index is 1.76. The number of benzene rings is 1. The number of aromatic nitrogens is 2. The number of sulfone groups is 1. The molecule has 1 aromatic heterocycles. The molecule has 1 N–H and O–H groups in total. The molecule has 0 bridgehead atoms. The molecule has 0 saturated heterocycles. The Morgan fingerprint density at radius 2 is 2.12 bits per heavy atom. The second-order valence-electron chi connectivity index (χ2n) is 5.77. The Kier molecular flexibility index (Phi) is 4.57. The van der Waals surface area contributed by atoms with Crippen molar-refractivity contribution < 1.29 is 13.2 Å². The van der Waals surface area contributed by atoms with Crippen molar-refractivity contribution in [3.05, 3.63) is 42.2 Å². The van der Waals surface area contributed by atoms with Crippen molar-refractivity contribution in [3.63, 3.8) is 0 Å². The van der Waals surface area contributed by atoms with Gasteiger partial charge in [0.15, 0.2) is 9.84 Å². The van der Waals surface area contributed by atoms with E-state index in [2.05, 4.69) is 17.3 Å². The van der Waals surface area contributed by atoms with Crippen LogP contribution < -0.4 is 5.32 Å². The summed E-state index contributed by atoms with van der Waals surface area (Å²) in [5.41, 5.74) is 1.25. The molecule has 1 aromatic carbocycles.